The van der Waals surface area contributed by atoms with Gasteiger partial charge in [-0.2, -0.15) is 0 Å². The monoisotopic (exact) mass is 911 g/mol. The summed E-state index contributed by atoms with van der Waals surface area (Å²) in [5.41, 5.74) is 53.5. The van der Waals surface area contributed by atoms with Gasteiger partial charge in [0.05, 0.1) is 32.1 Å². The number of nitrogens with one attached hydrogen (secondary N) is 1. The van der Waals surface area contributed by atoms with Gasteiger partial charge < -0.3 is 114 Å². The van der Waals surface area contributed by atoms with E-state index < -0.39 is 96.3 Å². The number of nitrogens with two attached hydrogens (primary N) is 11. The molecule has 0 aliphatic carbocycles. The van der Waals surface area contributed by atoms with Gasteiger partial charge in [-0.15, -0.1) is 0 Å². The minimum Gasteiger partial charge on any atom is -0.481 e. The lowest BCUT2D eigenvalue weighted by molar-refractivity contribution is -0.150. The maximum Gasteiger partial charge on any atom is 0.324 e. The Labute approximate surface area is 354 Å². The Hall–Kier alpha value is -6.39. The molecule has 6 atom stereocenters. The normalized spacial score (nSPS) is 13.8. The number of hydrogen-bond acceptors (Lipinski definition) is 21. The van der Waals surface area contributed by atoms with Gasteiger partial charge in [-0.25, -0.2) is 0 Å². The van der Waals surface area contributed by atoms with Crippen LogP contribution in [0.15, 0.2) is 4.99 Å². The molecule has 0 spiro atoms. The third-order valence-corrected chi connectivity index (χ3v) is 5.43. The van der Waals surface area contributed by atoms with Crippen LogP contribution < -0.4 is 68.4 Å². The molecule has 1 aliphatic heterocycles. The predicted molar refractivity (Wildman–Crippen MR) is 215 cm³/mol. The zero-order valence-corrected chi connectivity index (χ0v) is 34.1. The Bertz CT molecular complexity index is 1290. The van der Waals surface area contributed by atoms with Gasteiger partial charge in [-0.3, -0.25) is 52.9 Å². The number of aliphatic imine (C=N–C) groups is 1. The number of aliphatic carboxylic acids is 8. The molecule has 0 aromatic rings. The van der Waals surface area contributed by atoms with E-state index in [2.05, 4.69) is 33.2 Å². The molecule has 1 heterocycles. The highest BCUT2D eigenvalue weighted by Gasteiger charge is 2.24. The van der Waals surface area contributed by atoms with Crippen molar-refractivity contribution >= 4 is 65.6 Å². The number of esters is 1. The number of primary amides is 1. The largest absolute Gasteiger partial charge is 0.481 e. The first-order valence-corrected chi connectivity index (χ1v) is 17.2. The van der Waals surface area contributed by atoms with Crippen molar-refractivity contribution in [1.82, 2.24) is 5.32 Å². The number of guanidine groups is 1. The summed E-state index contributed by atoms with van der Waals surface area (Å²) in [6.07, 6.45) is 2.10. The van der Waals surface area contributed by atoms with Crippen LogP contribution in [0.25, 0.3) is 0 Å². The zero-order chi connectivity index (χ0) is 50.7. The zero-order valence-electron chi connectivity index (χ0n) is 34.1. The van der Waals surface area contributed by atoms with Crippen molar-refractivity contribution in [1.29, 1.82) is 0 Å². The quantitative estimate of drug-likeness (QED) is 0.0279. The molecule has 32 heteroatoms. The number of amides is 1. The van der Waals surface area contributed by atoms with Crippen LogP contribution in [-0.4, -0.2) is 182 Å². The van der Waals surface area contributed by atoms with Gasteiger partial charge in [-0.1, -0.05) is 0 Å². The molecule has 31 N–H and O–H groups in total. The highest BCUT2D eigenvalue weighted by atomic mass is 16.5. The SMILES string of the molecule is C[C@H](N)C(=O)O.C[C@H](N)C(N)=O.NC(N)=NCCC[C@H](N)C(=O)O.NCC(=O)O.NCC(=O)O.NCC(=O)O.N[C@@H](CC(=O)O)C(=O)O.N[C@@H](COC(=O)[C@@H]1CCCN1)C(=O)O. The summed E-state index contributed by atoms with van der Waals surface area (Å²) in [7, 11) is 0. The third-order valence-electron chi connectivity index (χ3n) is 5.43. The Morgan fingerprint density at radius 1 is 0.613 bits per heavy atom. The molecule has 62 heavy (non-hydrogen) atoms. The van der Waals surface area contributed by atoms with E-state index in [1.807, 2.05) is 0 Å². The summed E-state index contributed by atoms with van der Waals surface area (Å²) >= 11 is 0. The van der Waals surface area contributed by atoms with Gasteiger partial charge in [0.1, 0.15) is 36.8 Å². The van der Waals surface area contributed by atoms with Crippen LogP contribution in [0.4, 0.5) is 0 Å². The number of carboxylic acid groups (broad SMARTS) is 8. The molecule has 0 bridgehead atoms. The number of carboxylic acids is 8. The molecule has 0 saturated carbocycles. The van der Waals surface area contributed by atoms with Crippen LogP contribution in [0.3, 0.4) is 0 Å². The van der Waals surface area contributed by atoms with Gasteiger partial charge in [-0.05, 0) is 46.1 Å². The summed E-state index contributed by atoms with van der Waals surface area (Å²) in [5, 5.41) is 66.4. The third kappa shape index (κ3) is 68.3. The Balaban J connectivity index is -0.000000116. The van der Waals surface area contributed by atoms with Crippen LogP contribution in [0, 0.1) is 0 Å². The van der Waals surface area contributed by atoms with E-state index in [4.69, 9.17) is 85.7 Å². The van der Waals surface area contributed by atoms with E-state index in [0.717, 1.165) is 19.4 Å². The standard InChI is InChI=1S/C8H14N2O4.C6H14N4O2.C4H7NO4.C3H8N2O.C3H7NO2.3C2H5NO2/c9-5(7(11)12)4-14-8(13)6-2-1-3-10-6;7-4(5(11)12)2-1-3-10-6(8)9;5-2(4(8)9)1-3(6)7;2*1-2(4)3(5)6;3*3-1-2(4)5/h5-6,10H,1-4,9H2,(H,11,12);4H,1-3,7H2,(H,11,12)(H4,8,9,10);2H,1,5H2,(H,6,7)(H,8,9);2H,4H2,1H3,(H2,5,6);2H,4H2,1H3,(H,5,6);3*1,3H2,(H,4,5)/t5-,6-;4-;3*2-;;;/m00000.../s1. The van der Waals surface area contributed by atoms with Gasteiger partial charge in [0, 0.05) is 6.54 Å². The average Bonchev–Trinajstić information content (AvgIpc) is 3.72. The second-order valence-corrected chi connectivity index (χ2v) is 11.3. The minimum atomic E-state index is -1.29. The van der Waals surface area contributed by atoms with Crippen molar-refractivity contribution in [2.24, 2.45) is 68.1 Å². The topological polar surface area (TPSA) is 652 Å². The van der Waals surface area contributed by atoms with Crippen LogP contribution in [0.2, 0.25) is 0 Å². The Morgan fingerprint density at radius 2 is 0.968 bits per heavy atom. The molecule has 1 aliphatic rings. The predicted octanol–water partition coefficient (Wildman–Crippen LogP) is -8.66. The van der Waals surface area contributed by atoms with Crippen LogP contribution >= 0.6 is 0 Å². The van der Waals surface area contributed by atoms with Crippen molar-refractivity contribution in [2.45, 2.75) is 82.2 Å². The first-order chi connectivity index (χ1) is 28.3. The number of carbonyl (C=O) groups excluding carboxylic acids is 2. The van der Waals surface area contributed by atoms with Crippen LogP contribution in [-0.2, 0) is 52.7 Å². The number of rotatable bonds is 17. The number of ether oxygens (including phenoxy) is 1. The second kappa shape index (κ2) is 45.7. The number of nitrogens with zero attached hydrogens (tertiary/aromatic N) is 1. The first-order valence-electron chi connectivity index (χ1n) is 17.2. The molecule has 1 saturated heterocycles. The molecule has 0 aromatic heterocycles. The molecule has 0 radical (unpaired) electrons. The lowest BCUT2D eigenvalue weighted by Gasteiger charge is -2.11. The summed E-state index contributed by atoms with van der Waals surface area (Å²) in [4.78, 5) is 102. The second-order valence-electron chi connectivity index (χ2n) is 11.3. The molecule has 1 amide bonds. The molecule has 364 valence electrons. The van der Waals surface area contributed by atoms with Gasteiger partial charge in [0.15, 0.2) is 5.96 Å². The van der Waals surface area contributed by atoms with E-state index in [9.17, 15) is 47.9 Å². The van der Waals surface area contributed by atoms with E-state index in [-0.39, 0.29) is 38.2 Å². The van der Waals surface area contributed by atoms with Crippen molar-refractivity contribution in [3.63, 3.8) is 0 Å². The molecule has 1 rings (SSSR count). The Morgan fingerprint density at radius 3 is 1.18 bits per heavy atom. The van der Waals surface area contributed by atoms with Crippen molar-refractivity contribution in [2.75, 3.05) is 39.3 Å². The minimum absolute atomic E-state index is 0.0129. The molecule has 1 fully saturated rings. The maximum atomic E-state index is 11.2. The van der Waals surface area contributed by atoms with E-state index in [1.54, 1.807) is 6.92 Å². The van der Waals surface area contributed by atoms with Gasteiger partial charge in [0.25, 0.3) is 0 Å². The summed E-state index contributed by atoms with van der Waals surface area (Å²) in [6.45, 7) is 3.07. The first kappa shape index (κ1) is 70.2. The highest BCUT2D eigenvalue weighted by molar-refractivity contribution is 5.80. The van der Waals surface area contributed by atoms with Crippen molar-refractivity contribution in [3.8, 4) is 0 Å². The van der Waals surface area contributed by atoms with E-state index in [1.165, 1.54) is 6.92 Å². The molecule has 32 nitrogen and oxygen atoms in total. The fourth-order valence-electron chi connectivity index (χ4n) is 2.15. The van der Waals surface area contributed by atoms with E-state index >= 15 is 0 Å². The number of carbonyl (C=O) groups is 10. The summed E-state index contributed by atoms with van der Waals surface area (Å²) in [5.74, 6) is -9.40. The maximum absolute atomic E-state index is 11.2. The fraction of sp³-hybridized carbons (Fsp3) is 0.633. The molecular weight excluding hydrogens is 846 g/mol. The lowest BCUT2D eigenvalue weighted by atomic mass is 10.2. The fourth-order valence-corrected chi connectivity index (χ4v) is 2.15. The van der Waals surface area contributed by atoms with Crippen molar-refractivity contribution in [3.05, 3.63) is 0 Å². The highest BCUT2D eigenvalue weighted by Crippen LogP contribution is 2.06. The molecular formula is C30H65N13O19. The summed E-state index contributed by atoms with van der Waals surface area (Å²) in [6, 6.07) is -4.78. The average molecular weight is 912 g/mol. The van der Waals surface area contributed by atoms with Gasteiger partial charge in [0.2, 0.25) is 5.91 Å². The van der Waals surface area contributed by atoms with Crippen molar-refractivity contribution < 1.29 is 93.5 Å². The number of hydrogen-bond donors (Lipinski definition) is 20. The van der Waals surface area contributed by atoms with Gasteiger partial charge >= 0.3 is 53.7 Å². The lowest BCUT2D eigenvalue weighted by Crippen LogP contribution is -2.39. The smallest absolute Gasteiger partial charge is 0.324 e. The Kier molecular flexibility index (Phi) is 51.7. The van der Waals surface area contributed by atoms with Crippen LogP contribution in [0.5, 0.6) is 0 Å². The molecule has 0 unspecified atom stereocenters. The summed E-state index contributed by atoms with van der Waals surface area (Å²) < 4.78 is 4.74. The van der Waals surface area contributed by atoms with Crippen LogP contribution in [0.1, 0.15) is 46.0 Å². The van der Waals surface area contributed by atoms with E-state index in [0.29, 0.717) is 19.4 Å². The molecule has 0 aromatic carbocycles.